The van der Waals surface area contributed by atoms with Gasteiger partial charge < -0.3 is 5.32 Å². The van der Waals surface area contributed by atoms with Crippen LogP contribution in [-0.2, 0) is 9.59 Å². The van der Waals surface area contributed by atoms with Gasteiger partial charge in [-0.05, 0) is 25.5 Å². The number of rotatable bonds is 2. The van der Waals surface area contributed by atoms with Gasteiger partial charge in [0.1, 0.15) is 5.71 Å². The number of nitrogens with zero attached hydrogens (tertiary/aromatic N) is 1. The van der Waals surface area contributed by atoms with Crippen LogP contribution < -0.4 is 10.7 Å². The molecule has 0 radical (unpaired) electrons. The molecule has 88 valence electrons. The first kappa shape index (κ1) is 11.3. The van der Waals surface area contributed by atoms with E-state index in [9.17, 15) is 9.59 Å². The Hall–Kier alpha value is -2.17. The molecule has 1 aromatic rings. The first-order valence-electron chi connectivity index (χ1n) is 5.30. The fourth-order valence-electron chi connectivity index (χ4n) is 1.64. The van der Waals surface area contributed by atoms with Crippen molar-refractivity contribution in [1.82, 2.24) is 5.43 Å². The van der Waals surface area contributed by atoms with Gasteiger partial charge in [-0.3, -0.25) is 9.59 Å². The normalized spacial score (nSPS) is 14.2. The number of anilines is 1. The van der Waals surface area contributed by atoms with Crippen LogP contribution in [0, 0.1) is 13.8 Å². The third-order valence-corrected chi connectivity index (χ3v) is 2.54. The number of hydrogen-bond acceptors (Lipinski definition) is 3. The van der Waals surface area contributed by atoms with E-state index in [4.69, 9.17) is 0 Å². The summed E-state index contributed by atoms with van der Waals surface area (Å²) in [5.41, 5.74) is 5.32. The molecule has 5 nitrogen and oxygen atoms in total. The standard InChI is InChI=1S/C12H13N3O2/c1-7-3-4-9(8(2)5-7)13-12(17)10-6-11(16)15-14-10/h3-5H,6H2,1-2H3,(H,13,17)(H,15,16). The summed E-state index contributed by atoms with van der Waals surface area (Å²) in [5.74, 6) is -0.592. The maximum absolute atomic E-state index is 11.8. The van der Waals surface area contributed by atoms with Crippen LogP contribution in [0.25, 0.3) is 0 Å². The van der Waals surface area contributed by atoms with Gasteiger partial charge in [0.15, 0.2) is 0 Å². The molecule has 2 N–H and O–H groups in total. The lowest BCUT2D eigenvalue weighted by Crippen LogP contribution is -2.22. The number of amides is 2. The molecule has 1 aromatic carbocycles. The highest BCUT2D eigenvalue weighted by Gasteiger charge is 2.21. The van der Waals surface area contributed by atoms with Gasteiger partial charge in [0.2, 0.25) is 5.91 Å². The lowest BCUT2D eigenvalue weighted by atomic mass is 10.1. The number of nitrogens with one attached hydrogen (secondary N) is 2. The van der Waals surface area contributed by atoms with Crippen LogP contribution >= 0.6 is 0 Å². The minimum absolute atomic E-state index is 0.0384. The van der Waals surface area contributed by atoms with Crippen LogP contribution in [0.15, 0.2) is 23.3 Å². The average molecular weight is 231 g/mol. The van der Waals surface area contributed by atoms with Crippen molar-refractivity contribution in [3.63, 3.8) is 0 Å². The second-order valence-electron chi connectivity index (χ2n) is 4.04. The molecule has 1 heterocycles. The van der Waals surface area contributed by atoms with E-state index in [1.165, 1.54) is 0 Å². The molecule has 2 rings (SSSR count). The Morgan fingerprint density at radius 1 is 1.41 bits per heavy atom. The predicted molar refractivity (Wildman–Crippen MR) is 64.7 cm³/mol. The fourth-order valence-corrected chi connectivity index (χ4v) is 1.64. The van der Waals surface area contributed by atoms with Gasteiger partial charge in [-0.25, -0.2) is 5.43 Å². The molecular weight excluding hydrogens is 218 g/mol. The van der Waals surface area contributed by atoms with Gasteiger partial charge >= 0.3 is 0 Å². The molecular formula is C12H13N3O2. The Morgan fingerprint density at radius 3 is 2.76 bits per heavy atom. The van der Waals surface area contributed by atoms with Crippen molar-refractivity contribution in [2.75, 3.05) is 5.32 Å². The zero-order valence-corrected chi connectivity index (χ0v) is 9.70. The van der Waals surface area contributed by atoms with E-state index in [1.54, 1.807) is 0 Å². The second-order valence-corrected chi connectivity index (χ2v) is 4.04. The predicted octanol–water partition coefficient (Wildman–Crippen LogP) is 1.12. The van der Waals surface area contributed by atoms with Crippen molar-refractivity contribution in [1.29, 1.82) is 0 Å². The highest BCUT2D eigenvalue weighted by molar-refractivity contribution is 6.46. The van der Waals surface area contributed by atoms with Crippen LogP contribution in [0.1, 0.15) is 17.5 Å². The average Bonchev–Trinajstić information content (AvgIpc) is 2.69. The number of carbonyl (C=O) groups excluding carboxylic acids is 2. The van der Waals surface area contributed by atoms with Gasteiger partial charge in [0.05, 0.1) is 6.42 Å². The van der Waals surface area contributed by atoms with Gasteiger partial charge in [0.25, 0.3) is 5.91 Å². The van der Waals surface area contributed by atoms with Crippen molar-refractivity contribution < 1.29 is 9.59 Å². The van der Waals surface area contributed by atoms with E-state index in [0.717, 1.165) is 16.8 Å². The summed E-state index contributed by atoms with van der Waals surface area (Å²) < 4.78 is 0. The van der Waals surface area contributed by atoms with Crippen molar-refractivity contribution in [2.45, 2.75) is 20.3 Å². The monoisotopic (exact) mass is 231 g/mol. The molecule has 0 unspecified atom stereocenters. The van der Waals surface area contributed by atoms with Crippen molar-refractivity contribution in [3.05, 3.63) is 29.3 Å². The summed E-state index contributed by atoms with van der Waals surface area (Å²) in [5, 5.41) is 6.40. The fraction of sp³-hybridized carbons (Fsp3) is 0.250. The molecule has 1 aliphatic rings. The number of carbonyl (C=O) groups is 2. The van der Waals surface area contributed by atoms with E-state index < -0.39 is 0 Å². The van der Waals surface area contributed by atoms with Crippen LogP contribution in [0.2, 0.25) is 0 Å². The molecule has 1 aliphatic heterocycles. The van der Waals surface area contributed by atoms with Gasteiger partial charge in [-0.2, -0.15) is 5.10 Å². The highest BCUT2D eigenvalue weighted by Crippen LogP contribution is 2.16. The van der Waals surface area contributed by atoms with Gasteiger partial charge in [-0.15, -0.1) is 0 Å². The lowest BCUT2D eigenvalue weighted by Gasteiger charge is -2.08. The summed E-state index contributed by atoms with van der Waals surface area (Å²) in [6.07, 6.45) is 0.0384. The molecule has 2 amide bonds. The number of benzene rings is 1. The van der Waals surface area contributed by atoms with Gasteiger partial charge in [-0.1, -0.05) is 17.7 Å². The third-order valence-electron chi connectivity index (χ3n) is 2.54. The molecule has 0 aliphatic carbocycles. The topological polar surface area (TPSA) is 70.6 Å². The molecule has 0 bridgehead atoms. The van der Waals surface area contributed by atoms with Crippen LogP contribution in [0.3, 0.4) is 0 Å². The first-order chi connectivity index (χ1) is 8.06. The Morgan fingerprint density at radius 2 is 2.18 bits per heavy atom. The van der Waals surface area contributed by atoms with E-state index in [1.807, 2.05) is 32.0 Å². The summed E-state index contributed by atoms with van der Waals surface area (Å²) in [7, 11) is 0. The van der Waals surface area contributed by atoms with E-state index in [0.29, 0.717) is 0 Å². The highest BCUT2D eigenvalue weighted by atomic mass is 16.2. The van der Waals surface area contributed by atoms with Gasteiger partial charge in [0, 0.05) is 5.69 Å². The van der Waals surface area contributed by atoms with Crippen molar-refractivity contribution >= 4 is 23.2 Å². The maximum Gasteiger partial charge on any atom is 0.272 e. The molecule has 0 saturated carbocycles. The Labute approximate surface area is 98.9 Å². The summed E-state index contributed by atoms with van der Waals surface area (Å²) in [4.78, 5) is 22.7. The molecule has 0 saturated heterocycles. The Kier molecular flexibility index (Phi) is 2.91. The number of hydrogen-bond donors (Lipinski definition) is 2. The molecule has 17 heavy (non-hydrogen) atoms. The van der Waals surface area contributed by atoms with Crippen molar-refractivity contribution in [3.8, 4) is 0 Å². The summed E-state index contributed by atoms with van der Waals surface area (Å²) >= 11 is 0. The van der Waals surface area contributed by atoms with E-state index in [2.05, 4.69) is 15.8 Å². The lowest BCUT2D eigenvalue weighted by molar-refractivity contribution is -0.119. The maximum atomic E-state index is 11.8. The number of aryl methyl sites for hydroxylation is 2. The minimum atomic E-state index is -0.338. The zero-order valence-electron chi connectivity index (χ0n) is 9.70. The second kappa shape index (κ2) is 4.37. The first-order valence-corrected chi connectivity index (χ1v) is 5.30. The molecule has 0 spiro atoms. The Balaban J connectivity index is 2.11. The largest absolute Gasteiger partial charge is 0.321 e. The number of hydrazone groups is 1. The SMILES string of the molecule is Cc1ccc(NC(=O)C2=NNC(=O)C2)c(C)c1. The Bertz CT molecular complexity index is 520. The molecule has 5 heteroatoms. The van der Waals surface area contributed by atoms with Crippen LogP contribution in [-0.4, -0.2) is 17.5 Å². The molecule has 0 fully saturated rings. The van der Waals surface area contributed by atoms with Crippen molar-refractivity contribution in [2.24, 2.45) is 5.10 Å². The third kappa shape index (κ3) is 2.50. The van der Waals surface area contributed by atoms with E-state index in [-0.39, 0.29) is 23.9 Å². The van der Waals surface area contributed by atoms with Crippen LogP contribution in [0.4, 0.5) is 5.69 Å². The summed E-state index contributed by atoms with van der Waals surface area (Å²) in [6.45, 7) is 3.91. The smallest absolute Gasteiger partial charge is 0.272 e. The molecule has 0 aromatic heterocycles. The minimum Gasteiger partial charge on any atom is -0.321 e. The zero-order chi connectivity index (χ0) is 12.4. The molecule has 0 atom stereocenters. The van der Waals surface area contributed by atoms with Crippen LogP contribution in [0.5, 0.6) is 0 Å². The quantitative estimate of drug-likeness (QED) is 0.800. The summed E-state index contributed by atoms with van der Waals surface area (Å²) in [6, 6.07) is 5.74. The van der Waals surface area contributed by atoms with E-state index >= 15 is 0 Å².